The maximum atomic E-state index is 13.4. The molecule has 1 saturated heterocycles. The van der Waals surface area contributed by atoms with Crippen LogP contribution in [0.3, 0.4) is 0 Å². The average molecular weight is 609 g/mol. The molecule has 0 aliphatic carbocycles. The molecule has 2 aliphatic rings. The lowest BCUT2D eigenvalue weighted by molar-refractivity contribution is -0.134. The molecule has 226 valence electrons. The fraction of sp³-hybridized carbons (Fsp3) is 0.571. The molecule has 4 rings (SSSR count). The van der Waals surface area contributed by atoms with Gasteiger partial charge in [-0.15, -0.1) is 11.3 Å². The van der Waals surface area contributed by atoms with Crippen LogP contribution >= 0.6 is 11.3 Å². The summed E-state index contributed by atoms with van der Waals surface area (Å²) >= 11 is 1.15. The summed E-state index contributed by atoms with van der Waals surface area (Å²) in [7, 11) is -2.19. The van der Waals surface area contributed by atoms with Crippen LogP contribution in [-0.2, 0) is 30.8 Å². The van der Waals surface area contributed by atoms with E-state index in [-0.39, 0.29) is 48.1 Å². The van der Waals surface area contributed by atoms with E-state index in [1.54, 1.807) is 47.5 Å². The number of amides is 2. The van der Waals surface area contributed by atoms with E-state index in [9.17, 15) is 23.1 Å². The maximum Gasteiger partial charge on any atom is 0.252 e. The Balaban J connectivity index is 1.55. The van der Waals surface area contributed by atoms with Crippen LogP contribution in [0.15, 0.2) is 39.9 Å². The molecule has 0 radical (unpaired) electrons. The minimum absolute atomic E-state index is 0.0138. The number of aliphatic hydroxyl groups is 1. The number of sulfonamides is 1. The molecule has 2 aliphatic heterocycles. The molecule has 2 aromatic rings. The number of likely N-dealkylation sites (N-methyl/N-ethyl adjacent to an activating group) is 1. The van der Waals surface area contributed by atoms with Gasteiger partial charge in [0.25, 0.3) is 10.0 Å². The van der Waals surface area contributed by atoms with Crippen LogP contribution in [0.2, 0.25) is 0 Å². The summed E-state index contributed by atoms with van der Waals surface area (Å²) in [5.74, 6) is -0.102. The summed E-state index contributed by atoms with van der Waals surface area (Å²) in [5, 5.41) is 14.5. The van der Waals surface area contributed by atoms with Gasteiger partial charge < -0.3 is 24.8 Å². The predicted octanol–water partition coefficient (Wildman–Crippen LogP) is 1.88. The largest absolute Gasteiger partial charge is 0.488 e. The van der Waals surface area contributed by atoms with Crippen molar-refractivity contribution in [3.05, 3.63) is 41.3 Å². The Morgan fingerprint density at radius 2 is 2.02 bits per heavy atom. The lowest BCUT2D eigenvalue weighted by Crippen LogP contribution is -2.48. The van der Waals surface area contributed by atoms with Crippen molar-refractivity contribution in [3.8, 4) is 5.75 Å². The molecular formula is C28H40N4O7S2. The minimum Gasteiger partial charge on any atom is -0.488 e. The summed E-state index contributed by atoms with van der Waals surface area (Å²) in [6, 6.07) is 8.02. The Morgan fingerprint density at radius 1 is 1.27 bits per heavy atom. The highest BCUT2D eigenvalue weighted by molar-refractivity contribution is 7.91. The van der Waals surface area contributed by atoms with Crippen LogP contribution < -0.4 is 10.1 Å². The molecule has 3 heterocycles. The van der Waals surface area contributed by atoms with Crippen LogP contribution in [0, 0.1) is 5.92 Å². The first-order valence-electron chi connectivity index (χ1n) is 13.9. The van der Waals surface area contributed by atoms with Gasteiger partial charge in [0.15, 0.2) is 0 Å². The highest BCUT2D eigenvalue weighted by Crippen LogP contribution is 2.30. The number of nitrogens with one attached hydrogen (secondary N) is 1. The number of thiophene rings is 1. The molecule has 0 saturated carbocycles. The van der Waals surface area contributed by atoms with E-state index >= 15 is 0 Å². The Labute approximate surface area is 246 Å². The second-order valence-corrected chi connectivity index (χ2v) is 13.9. The Kier molecular flexibility index (Phi) is 10.8. The fourth-order valence-electron chi connectivity index (χ4n) is 4.95. The van der Waals surface area contributed by atoms with Gasteiger partial charge in [0.1, 0.15) is 16.1 Å². The fourth-order valence-corrected chi connectivity index (χ4v) is 7.33. The van der Waals surface area contributed by atoms with E-state index in [0.717, 1.165) is 24.4 Å². The molecule has 1 aromatic carbocycles. The zero-order chi connectivity index (χ0) is 29.6. The van der Waals surface area contributed by atoms with Gasteiger partial charge in [0.2, 0.25) is 11.8 Å². The monoisotopic (exact) mass is 608 g/mol. The maximum absolute atomic E-state index is 13.4. The van der Waals surface area contributed by atoms with Crippen LogP contribution in [0.4, 0.5) is 5.69 Å². The number of rotatable bonds is 10. The Bertz CT molecular complexity index is 1280. The van der Waals surface area contributed by atoms with E-state index < -0.39 is 22.2 Å². The third kappa shape index (κ3) is 8.05. The third-order valence-corrected chi connectivity index (χ3v) is 10.8. The predicted molar refractivity (Wildman–Crippen MR) is 157 cm³/mol. The molecule has 1 fully saturated rings. The zero-order valence-electron chi connectivity index (χ0n) is 23.8. The molecule has 0 bridgehead atoms. The summed E-state index contributed by atoms with van der Waals surface area (Å²) < 4.78 is 39.6. The number of nitrogens with zero attached hydrogens (tertiary/aromatic N) is 3. The van der Waals surface area contributed by atoms with E-state index in [4.69, 9.17) is 9.47 Å². The van der Waals surface area contributed by atoms with E-state index in [1.807, 2.05) is 6.92 Å². The first-order valence-corrected chi connectivity index (χ1v) is 16.2. The standard InChI is InChI=1S/C28H40N4O7S2/c1-20-17-32(21(2)19-33)27(35)16-22-15-23(29-26(34)8-9-31-10-12-38-13-11-31)6-7-24(22)39-25(20)18-30(3)41(36,37)28-5-4-14-40-28/h4-7,14-15,20-21,25,33H,8-13,16-19H2,1-3H3,(H,29,34)/t20-,21+,25-/m0/s1. The van der Waals surface area contributed by atoms with Crippen molar-refractivity contribution >= 4 is 38.9 Å². The molecule has 3 atom stereocenters. The zero-order valence-corrected chi connectivity index (χ0v) is 25.5. The summed E-state index contributed by atoms with van der Waals surface area (Å²) in [4.78, 5) is 29.9. The number of morpholine rings is 1. The van der Waals surface area contributed by atoms with Crippen LogP contribution in [-0.4, -0.2) is 111 Å². The summed E-state index contributed by atoms with van der Waals surface area (Å²) in [5.41, 5.74) is 1.13. The van der Waals surface area contributed by atoms with Crippen molar-refractivity contribution in [3.63, 3.8) is 0 Å². The van der Waals surface area contributed by atoms with E-state index in [0.29, 0.717) is 43.2 Å². The Morgan fingerprint density at radius 3 is 2.71 bits per heavy atom. The number of aliphatic hydroxyl groups excluding tert-OH is 1. The number of hydrogen-bond acceptors (Lipinski definition) is 9. The molecule has 2 N–H and O–H groups in total. The molecule has 11 nitrogen and oxygen atoms in total. The first kappa shape index (κ1) is 31.4. The van der Waals surface area contributed by atoms with Gasteiger partial charge in [-0.25, -0.2) is 8.42 Å². The van der Waals surface area contributed by atoms with Crippen molar-refractivity contribution in [2.24, 2.45) is 5.92 Å². The van der Waals surface area contributed by atoms with E-state index in [2.05, 4.69) is 10.2 Å². The second kappa shape index (κ2) is 14.1. The normalized spacial score (nSPS) is 21.4. The van der Waals surface area contributed by atoms with E-state index in [1.165, 1.54) is 11.4 Å². The van der Waals surface area contributed by atoms with Crippen molar-refractivity contribution in [1.82, 2.24) is 14.1 Å². The number of benzene rings is 1. The van der Waals surface area contributed by atoms with Gasteiger partial charge in [-0.3, -0.25) is 14.5 Å². The van der Waals surface area contributed by atoms with Gasteiger partial charge in [0, 0.05) is 56.8 Å². The second-order valence-electron chi connectivity index (χ2n) is 10.7. The summed E-state index contributed by atoms with van der Waals surface area (Å²) in [6.07, 6.45) is -0.236. The van der Waals surface area contributed by atoms with Gasteiger partial charge >= 0.3 is 0 Å². The van der Waals surface area contributed by atoms with Gasteiger partial charge in [-0.05, 0) is 36.6 Å². The molecule has 13 heteroatoms. The smallest absolute Gasteiger partial charge is 0.252 e. The highest BCUT2D eigenvalue weighted by atomic mass is 32.2. The van der Waals surface area contributed by atoms with Gasteiger partial charge in [0.05, 0.1) is 38.8 Å². The summed E-state index contributed by atoms with van der Waals surface area (Å²) in [6.45, 7) is 7.42. The quantitative estimate of drug-likeness (QED) is 0.419. The highest BCUT2D eigenvalue weighted by Gasteiger charge is 2.33. The van der Waals surface area contributed by atoms with Gasteiger partial charge in [-0.1, -0.05) is 13.0 Å². The van der Waals surface area contributed by atoms with Crippen molar-refractivity contribution in [2.45, 2.75) is 43.0 Å². The number of carbonyl (C=O) groups excluding carboxylic acids is 2. The van der Waals surface area contributed by atoms with Crippen LogP contribution in [0.25, 0.3) is 0 Å². The number of ether oxygens (including phenoxy) is 2. The van der Waals surface area contributed by atoms with Crippen molar-refractivity contribution < 1.29 is 32.6 Å². The minimum atomic E-state index is -3.71. The van der Waals surface area contributed by atoms with Crippen molar-refractivity contribution in [1.29, 1.82) is 0 Å². The molecule has 41 heavy (non-hydrogen) atoms. The molecule has 2 amide bonds. The lowest BCUT2D eigenvalue weighted by Gasteiger charge is -2.33. The van der Waals surface area contributed by atoms with Crippen LogP contribution in [0.1, 0.15) is 25.8 Å². The number of fused-ring (bicyclic) bond motifs is 1. The number of carbonyl (C=O) groups is 2. The van der Waals surface area contributed by atoms with Gasteiger partial charge in [-0.2, -0.15) is 4.31 Å². The first-order chi connectivity index (χ1) is 19.6. The lowest BCUT2D eigenvalue weighted by atomic mass is 10.0. The molecular weight excluding hydrogens is 568 g/mol. The molecule has 1 aromatic heterocycles. The van der Waals surface area contributed by atoms with Crippen molar-refractivity contribution in [2.75, 3.05) is 64.9 Å². The topological polar surface area (TPSA) is 129 Å². The number of hydrogen-bond donors (Lipinski definition) is 2. The average Bonchev–Trinajstić information content (AvgIpc) is 3.52. The SMILES string of the molecule is C[C@H](CO)N1C[C@H](C)[C@H](CN(C)S(=O)(=O)c2cccs2)Oc2ccc(NC(=O)CCN3CCOCC3)cc2CC1=O. The Hall–Kier alpha value is -2.55. The third-order valence-electron chi connectivity index (χ3n) is 7.56. The van der Waals surface area contributed by atoms with Crippen LogP contribution in [0.5, 0.6) is 5.75 Å². The molecule has 0 spiro atoms. The number of anilines is 1. The molecule has 0 unspecified atom stereocenters.